The molecule has 0 unspecified atom stereocenters. The normalized spacial score (nSPS) is 9.42. The minimum Gasteiger partial charge on any atom is -0.494 e. The predicted octanol–water partition coefficient (Wildman–Crippen LogP) is 4.30. The molecular weight excluding hydrogens is 240 g/mol. The zero-order chi connectivity index (χ0) is 14.5. The summed E-state index contributed by atoms with van der Waals surface area (Å²) in [5.41, 5.74) is 1.30. The summed E-state index contributed by atoms with van der Waals surface area (Å²) >= 11 is 0. The Kier molecular flexibility index (Phi) is 10.7. The molecule has 1 aromatic rings. The van der Waals surface area contributed by atoms with Gasteiger partial charge in [-0.2, -0.15) is 0 Å². The Labute approximate surface area is 116 Å². The lowest BCUT2D eigenvalue weighted by Crippen LogP contribution is -1.99. The summed E-state index contributed by atoms with van der Waals surface area (Å²) in [6.07, 6.45) is 3.83. The summed E-state index contributed by atoms with van der Waals surface area (Å²) in [4.78, 5) is 10.3. The highest BCUT2D eigenvalue weighted by Gasteiger charge is 1.97. The monoisotopic (exact) mass is 266 g/mol. The molecule has 0 aliphatic heterocycles. The van der Waals surface area contributed by atoms with Gasteiger partial charge in [-0.05, 0) is 43.4 Å². The Bertz CT molecular complexity index is 330. The number of rotatable bonds is 8. The van der Waals surface area contributed by atoms with Gasteiger partial charge in [0.05, 0.1) is 6.61 Å². The van der Waals surface area contributed by atoms with Crippen molar-refractivity contribution < 1.29 is 14.6 Å². The summed E-state index contributed by atoms with van der Waals surface area (Å²) < 4.78 is 5.57. The van der Waals surface area contributed by atoms with Crippen LogP contribution in [0.5, 0.6) is 5.75 Å². The Morgan fingerprint density at radius 2 is 1.74 bits per heavy atom. The highest BCUT2D eigenvalue weighted by molar-refractivity contribution is 5.66. The first-order valence-corrected chi connectivity index (χ1v) is 7.16. The number of aryl methyl sites for hydroxylation is 1. The molecule has 0 saturated heterocycles. The van der Waals surface area contributed by atoms with Gasteiger partial charge in [0.1, 0.15) is 5.75 Å². The Hall–Kier alpha value is -1.51. The summed E-state index contributed by atoms with van der Waals surface area (Å²) in [5, 5.41) is 8.47. The van der Waals surface area contributed by atoms with E-state index < -0.39 is 5.97 Å². The number of ether oxygens (including phenoxy) is 1. The van der Waals surface area contributed by atoms with Crippen LogP contribution in [0.25, 0.3) is 0 Å². The van der Waals surface area contributed by atoms with E-state index in [0.717, 1.165) is 31.4 Å². The van der Waals surface area contributed by atoms with Crippen LogP contribution in [0.4, 0.5) is 0 Å². The van der Waals surface area contributed by atoms with Crippen molar-refractivity contribution in [2.75, 3.05) is 6.61 Å². The van der Waals surface area contributed by atoms with Crippen LogP contribution < -0.4 is 4.74 Å². The second-order valence-corrected chi connectivity index (χ2v) is 4.05. The number of carboxylic acids is 1. The molecule has 0 bridgehead atoms. The van der Waals surface area contributed by atoms with Crippen molar-refractivity contribution in [3.05, 3.63) is 29.8 Å². The lowest BCUT2D eigenvalue weighted by atomic mass is 10.2. The van der Waals surface area contributed by atoms with E-state index in [0.29, 0.717) is 6.61 Å². The van der Waals surface area contributed by atoms with Crippen molar-refractivity contribution in [3.63, 3.8) is 0 Å². The Balaban J connectivity index is 0.00000154. The van der Waals surface area contributed by atoms with E-state index in [1.807, 2.05) is 26.0 Å². The van der Waals surface area contributed by atoms with Crippen LogP contribution in [-0.2, 0) is 11.2 Å². The lowest BCUT2D eigenvalue weighted by Gasteiger charge is -2.06. The third-order valence-electron chi connectivity index (χ3n) is 2.64. The van der Waals surface area contributed by atoms with Gasteiger partial charge in [-0.15, -0.1) is 0 Å². The predicted molar refractivity (Wildman–Crippen MR) is 78.8 cm³/mol. The second-order valence-electron chi connectivity index (χ2n) is 4.05. The molecule has 0 saturated carbocycles. The molecule has 19 heavy (non-hydrogen) atoms. The second kappa shape index (κ2) is 11.6. The van der Waals surface area contributed by atoms with Crippen LogP contribution in [0.1, 0.15) is 52.0 Å². The van der Waals surface area contributed by atoms with Crippen LogP contribution >= 0.6 is 0 Å². The van der Waals surface area contributed by atoms with Gasteiger partial charge in [0.15, 0.2) is 0 Å². The van der Waals surface area contributed by atoms with Crippen molar-refractivity contribution in [3.8, 4) is 5.75 Å². The SMILES string of the molecule is CC.CCc1ccc(OCCCCCC(=O)O)cc1. The summed E-state index contributed by atoms with van der Waals surface area (Å²) in [6.45, 7) is 6.78. The number of carboxylic acid groups (broad SMARTS) is 1. The average Bonchev–Trinajstić information content (AvgIpc) is 2.45. The van der Waals surface area contributed by atoms with Crippen LogP contribution in [0.3, 0.4) is 0 Å². The summed E-state index contributed by atoms with van der Waals surface area (Å²) in [6, 6.07) is 8.10. The number of aliphatic carboxylic acids is 1. The molecule has 3 nitrogen and oxygen atoms in total. The van der Waals surface area contributed by atoms with E-state index in [1.54, 1.807) is 0 Å². The quantitative estimate of drug-likeness (QED) is 0.714. The number of carbonyl (C=O) groups is 1. The minimum absolute atomic E-state index is 0.255. The van der Waals surface area contributed by atoms with Gasteiger partial charge in [0.2, 0.25) is 0 Å². The topological polar surface area (TPSA) is 46.5 Å². The zero-order valence-electron chi connectivity index (χ0n) is 12.3. The maximum absolute atomic E-state index is 10.3. The van der Waals surface area contributed by atoms with E-state index in [1.165, 1.54) is 5.56 Å². The molecule has 0 aliphatic carbocycles. The molecule has 0 fully saturated rings. The lowest BCUT2D eigenvalue weighted by molar-refractivity contribution is -0.137. The van der Waals surface area contributed by atoms with Crippen molar-refractivity contribution in [2.24, 2.45) is 0 Å². The molecule has 0 amide bonds. The molecule has 0 heterocycles. The van der Waals surface area contributed by atoms with E-state index in [-0.39, 0.29) is 6.42 Å². The van der Waals surface area contributed by atoms with Gasteiger partial charge in [-0.25, -0.2) is 0 Å². The van der Waals surface area contributed by atoms with Gasteiger partial charge >= 0.3 is 5.97 Å². The molecule has 108 valence electrons. The fourth-order valence-corrected chi connectivity index (χ4v) is 1.57. The maximum Gasteiger partial charge on any atom is 0.303 e. The van der Waals surface area contributed by atoms with Crippen molar-refractivity contribution in [1.82, 2.24) is 0 Å². The number of hydrogen-bond donors (Lipinski definition) is 1. The highest BCUT2D eigenvalue weighted by atomic mass is 16.5. The Morgan fingerprint density at radius 1 is 1.11 bits per heavy atom. The van der Waals surface area contributed by atoms with Gasteiger partial charge in [-0.3, -0.25) is 4.79 Å². The van der Waals surface area contributed by atoms with Gasteiger partial charge in [0, 0.05) is 6.42 Å². The largest absolute Gasteiger partial charge is 0.494 e. The fraction of sp³-hybridized carbons (Fsp3) is 0.562. The molecule has 0 spiro atoms. The molecule has 0 radical (unpaired) electrons. The molecule has 3 heteroatoms. The number of unbranched alkanes of at least 4 members (excludes halogenated alkanes) is 2. The van der Waals surface area contributed by atoms with Crippen LogP contribution in [0, 0.1) is 0 Å². The maximum atomic E-state index is 10.3. The molecule has 0 atom stereocenters. The molecule has 1 rings (SSSR count). The minimum atomic E-state index is -0.721. The van der Waals surface area contributed by atoms with Crippen LogP contribution in [-0.4, -0.2) is 17.7 Å². The molecule has 1 N–H and O–H groups in total. The van der Waals surface area contributed by atoms with Gasteiger partial charge < -0.3 is 9.84 Å². The summed E-state index contributed by atoms with van der Waals surface area (Å²) in [5.74, 6) is 0.168. The highest BCUT2D eigenvalue weighted by Crippen LogP contribution is 2.13. The van der Waals surface area contributed by atoms with Crippen molar-refractivity contribution in [1.29, 1.82) is 0 Å². The molecule has 0 aromatic heterocycles. The Morgan fingerprint density at radius 3 is 2.26 bits per heavy atom. The third kappa shape index (κ3) is 9.11. The first-order valence-electron chi connectivity index (χ1n) is 7.16. The molecule has 0 aliphatic rings. The van der Waals surface area contributed by atoms with E-state index in [2.05, 4.69) is 19.1 Å². The fourth-order valence-electron chi connectivity index (χ4n) is 1.57. The number of benzene rings is 1. The van der Waals surface area contributed by atoms with Crippen molar-refractivity contribution in [2.45, 2.75) is 52.9 Å². The standard InChI is InChI=1S/C14H20O3.C2H6/c1-2-12-7-9-13(10-8-12)17-11-5-3-4-6-14(15)16;1-2/h7-10H,2-6,11H2,1H3,(H,15,16);1-2H3. The van der Waals surface area contributed by atoms with Crippen LogP contribution in [0.15, 0.2) is 24.3 Å². The van der Waals surface area contributed by atoms with E-state index >= 15 is 0 Å². The number of hydrogen-bond acceptors (Lipinski definition) is 2. The summed E-state index contributed by atoms with van der Waals surface area (Å²) in [7, 11) is 0. The zero-order valence-corrected chi connectivity index (χ0v) is 12.3. The first kappa shape index (κ1) is 17.5. The van der Waals surface area contributed by atoms with Crippen LogP contribution in [0.2, 0.25) is 0 Å². The molecule has 1 aromatic carbocycles. The van der Waals surface area contributed by atoms with E-state index in [9.17, 15) is 4.79 Å². The average molecular weight is 266 g/mol. The third-order valence-corrected chi connectivity index (χ3v) is 2.64. The van der Waals surface area contributed by atoms with E-state index in [4.69, 9.17) is 9.84 Å². The van der Waals surface area contributed by atoms with Crippen molar-refractivity contribution >= 4 is 5.97 Å². The first-order chi connectivity index (χ1) is 9.22. The van der Waals surface area contributed by atoms with Gasteiger partial charge in [-0.1, -0.05) is 32.9 Å². The smallest absolute Gasteiger partial charge is 0.303 e. The molecular formula is C16H26O3. The van der Waals surface area contributed by atoms with Gasteiger partial charge in [0.25, 0.3) is 0 Å².